The third-order valence-corrected chi connectivity index (χ3v) is 6.49. The van der Waals surface area contributed by atoms with E-state index in [0.717, 1.165) is 36.3 Å². The van der Waals surface area contributed by atoms with Crippen LogP contribution in [0.4, 0.5) is 5.13 Å². The summed E-state index contributed by atoms with van der Waals surface area (Å²) in [6.07, 6.45) is 4.30. The molecule has 4 rings (SSSR count). The van der Waals surface area contributed by atoms with Crippen LogP contribution in [0, 0.1) is 0 Å². The van der Waals surface area contributed by atoms with Crippen LogP contribution in [0.2, 0.25) is 0 Å². The summed E-state index contributed by atoms with van der Waals surface area (Å²) in [5.74, 6) is -0.729. The van der Waals surface area contributed by atoms with Crippen molar-refractivity contribution in [1.82, 2.24) is 10.2 Å². The summed E-state index contributed by atoms with van der Waals surface area (Å²) in [4.78, 5) is 23.2. The van der Waals surface area contributed by atoms with Crippen molar-refractivity contribution in [2.24, 2.45) is 0 Å². The monoisotopic (exact) mass is 451 g/mol. The standard InChI is InChI=1S/C24H25N3O4S/c28-22(29)15-31-20-12-10-18(11-13-20)17-6-8-19(9-7-17)23(30)25-24-27-26-21(32-24)14-16-4-2-1-3-5-16/h1-9,18,20H,10-15H2,(H,28,29)(H,25,27,30)/t18-,20-. The molecule has 0 spiro atoms. The third-order valence-electron chi connectivity index (χ3n) is 5.65. The number of hydrogen-bond acceptors (Lipinski definition) is 6. The smallest absolute Gasteiger partial charge is 0.329 e. The minimum Gasteiger partial charge on any atom is -0.480 e. The van der Waals surface area contributed by atoms with Gasteiger partial charge in [0.25, 0.3) is 5.91 Å². The number of aliphatic carboxylic acids is 1. The van der Waals surface area contributed by atoms with Crippen LogP contribution < -0.4 is 5.32 Å². The number of aromatic nitrogens is 2. The van der Waals surface area contributed by atoms with E-state index in [1.165, 1.54) is 16.9 Å². The van der Waals surface area contributed by atoms with Crippen molar-refractivity contribution in [3.63, 3.8) is 0 Å². The number of carbonyl (C=O) groups excluding carboxylic acids is 1. The molecule has 0 radical (unpaired) electrons. The summed E-state index contributed by atoms with van der Waals surface area (Å²) in [5.41, 5.74) is 2.92. The molecular formula is C24H25N3O4S. The van der Waals surface area contributed by atoms with Gasteiger partial charge in [0, 0.05) is 12.0 Å². The Morgan fingerprint density at radius 3 is 2.41 bits per heavy atom. The van der Waals surface area contributed by atoms with Crippen molar-refractivity contribution >= 4 is 28.3 Å². The maximum Gasteiger partial charge on any atom is 0.329 e. The highest BCUT2D eigenvalue weighted by molar-refractivity contribution is 7.15. The topological polar surface area (TPSA) is 101 Å². The van der Waals surface area contributed by atoms with E-state index in [4.69, 9.17) is 9.84 Å². The Labute approximate surface area is 190 Å². The molecule has 8 heteroatoms. The van der Waals surface area contributed by atoms with Crippen LogP contribution in [0.1, 0.15) is 58.1 Å². The van der Waals surface area contributed by atoms with E-state index in [1.807, 2.05) is 54.6 Å². The van der Waals surface area contributed by atoms with E-state index in [0.29, 0.717) is 23.0 Å². The highest BCUT2D eigenvalue weighted by atomic mass is 32.1. The van der Waals surface area contributed by atoms with Gasteiger partial charge in [-0.2, -0.15) is 0 Å². The molecule has 3 aromatic rings. The normalized spacial score (nSPS) is 18.2. The average Bonchev–Trinajstić information content (AvgIpc) is 3.25. The highest BCUT2D eigenvalue weighted by Gasteiger charge is 2.23. The lowest BCUT2D eigenvalue weighted by Crippen LogP contribution is -2.23. The van der Waals surface area contributed by atoms with Gasteiger partial charge >= 0.3 is 5.97 Å². The first-order valence-electron chi connectivity index (χ1n) is 10.7. The van der Waals surface area contributed by atoms with Gasteiger partial charge < -0.3 is 9.84 Å². The van der Waals surface area contributed by atoms with E-state index >= 15 is 0 Å². The van der Waals surface area contributed by atoms with Crippen molar-refractivity contribution in [2.45, 2.75) is 44.1 Å². The lowest BCUT2D eigenvalue weighted by Gasteiger charge is -2.28. The fourth-order valence-corrected chi connectivity index (χ4v) is 4.74. The van der Waals surface area contributed by atoms with Crippen molar-refractivity contribution in [2.75, 3.05) is 11.9 Å². The van der Waals surface area contributed by atoms with Gasteiger partial charge in [0.1, 0.15) is 11.6 Å². The van der Waals surface area contributed by atoms with Gasteiger partial charge in [0.05, 0.1) is 6.10 Å². The van der Waals surface area contributed by atoms with Crippen LogP contribution in [0.3, 0.4) is 0 Å². The van der Waals surface area contributed by atoms with Gasteiger partial charge in [0.2, 0.25) is 5.13 Å². The Morgan fingerprint density at radius 1 is 1.00 bits per heavy atom. The molecule has 1 aliphatic carbocycles. The summed E-state index contributed by atoms with van der Waals surface area (Å²) in [5, 5.41) is 21.2. The Hall–Kier alpha value is -3.10. The summed E-state index contributed by atoms with van der Waals surface area (Å²) < 4.78 is 5.41. The van der Waals surface area contributed by atoms with Crippen LogP contribution in [-0.2, 0) is 16.0 Å². The molecule has 0 atom stereocenters. The fourth-order valence-electron chi connectivity index (χ4n) is 3.97. The number of anilines is 1. The van der Waals surface area contributed by atoms with Crippen molar-refractivity contribution < 1.29 is 19.4 Å². The summed E-state index contributed by atoms with van der Waals surface area (Å²) >= 11 is 1.38. The third kappa shape index (κ3) is 5.99. The van der Waals surface area contributed by atoms with E-state index in [-0.39, 0.29) is 18.6 Å². The molecule has 1 fully saturated rings. The zero-order chi connectivity index (χ0) is 22.3. The Bertz CT molecular complexity index is 1040. The van der Waals surface area contributed by atoms with Crippen molar-refractivity contribution in [3.05, 3.63) is 76.3 Å². The maximum atomic E-state index is 12.6. The van der Waals surface area contributed by atoms with Gasteiger partial charge in [0.15, 0.2) is 0 Å². The van der Waals surface area contributed by atoms with Crippen LogP contribution in [-0.4, -0.2) is 39.9 Å². The maximum absolute atomic E-state index is 12.6. The Balaban J connectivity index is 1.29. The highest BCUT2D eigenvalue weighted by Crippen LogP contribution is 2.34. The minimum atomic E-state index is -0.929. The zero-order valence-electron chi connectivity index (χ0n) is 17.6. The number of benzene rings is 2. The first kappa shape index (κ1) is 22.1. The number of nitrogens with zero attached hydrogens (tertiary/aromatic N) is 2. The van der Waals surface area contributed by atoms with E-state index in [1.54, 1.807) is 0 Å². The number of carboxylic acids is 1. The number of carbonyl (C=O) groups is 2. The van der Waals surface area contributed by atoms with Crippen molar-refractivity contribution in [1.29, 1.82) is 0 Å². The fraction of sp³-hybridized carbons (Fsp3) is 0.333. The molecule has 2 aromatic carbocycles. The molecule has 1 amide bonds. The van der Waals surface area contributed by atoms with Gasteiger partial charge in [-0.3, -0.25) is 10.1 Å². The van der Waals surface area contributed by atoms with Gasteiger partial charge in [-0.1, -0.05) is 53.8 Å². The quantitative estimate of drug-likeness (QED) is 0.523. The van der Waals surface area contributed by atoms with Crippen LogP contribution in [0.25, 0.3) is 0 Å². The number of hydrogen-bond donors (Lipinski definition) is 2. The molecule has 1 saturated carbocycles. The molecule has 0 aliphatic heterocycles. The SMILES string of the molecule is O=C(O)CO[C@H]1CC[C@H](c2ccc(C(=O)Nc3nnc(Cc4ccccc4)s3)cc2)CC1. The predicted octanol–water partition coefficient (Wildman–Crippen LogP) is 4.51. The van der Waals surface area contributed by atoms with Gasteiger partial charge in [-0.25, -0.2) is 4.79 Å². The van der Waals surface area contributed by atoms with Gasteiger partial charge in [-0.05, 0) is 54.9 Å². The lowest BCUT2D eigenvalue weighted by molar-refractivity contribution is -0.145. The molecule has 0 saturated heterocycles. The summed E-state index contributed by atoms with van der Waals surface area (Å²) in [6, 6.07) is 17.7. The zero-order valence-corrected chi connectivity index (χ0v) is 18.4. The largest absolute Gasteiger partial charge is 0.480 e. The summed E-state index contributed by atoms with van der Waals surface area (Å²) in [6.45, 7) is -0.235. The first-order chi connectivity index (χ1) is 15.6. The number of rotatable bonds is 8. The summed E-state index contributed by atoms with van der Waals surface area (Å²) in [7, 11) is 0. The molecule has 0 unspecified atom stereocenters. The molecule has 1 aliphatic rings. The number of nitrogens with one attached hydrogen (secondary N) is 1. The molecule has 1 aromatic heterocycles. The molecular weight excluding hydrogens is 426 g/mol. The second-order valence-corrected chi connectivity index (χ2v) is 8.98. The predicted molar refractivity (Wildman–Crippen MR) is 122 cm³/mol. The molecule has 32 heavy (non-hydrogen) atoms. The van der Waals surface area contributed by atoms with E-state index in [9.17, 15) is 9.59 Å². The van der Waals surface area contributed by atoms with Crippen LogP contribution in [0.5, 0.6) is 0 Å². The number of carboxylic acid groups (broad SMARTS) is 1. The average molecular weight is 452 g/mol. The van der Waals surface area contributed by atoms with Crippen LogP contribution in [0.15, 0.2) is 54.6 Å². The number of amides is 1. The molecule has 0 bridgehead atoms. The minimum absolute atomic E-state index is 0.0195. The molecule has 7 nitrogen and oxygen atoms in total. The van der Waals surface area contributed by atoms with Crippen molar-refractivity contribution in [3.8, 4) is 0 Å². The molecule has 1 heterocycles. The Morgan fingerprint density at radius 2 is 1.72 bits per heavy atom. The van der Waals surface area contributed by atoms with Crippen LogP contribution >= 0.6 is 11.3 Å². The van der Waals surface area contributed by atoms with Gasteiger partial charge in [-0.15, -0.1) is 10.2 Å². The van der Waals surface area contributed by atoms with E-state index in [2.05, 4.69) is 15.5 Å². The molecule has 2 N–H and O–H groups in total. The first-order valence-corrected chi connectivity index (χ1v) is 11.5. The van der Waals surface area contributed by atoms with E-state index < -0.39 is 5.97 Å². The molecule has 166 valence electrons. The second-order valence-electron chi connectivity index (χ2n) is 7.92. The Kier molecular flexibility index (Phi) is 7.24. The number of ether oxygens (including phenoxy) is 1. The second kappa shape index (κ2) is 10.5. The lowest BCUT2D eigenvalue weighted by atomic mass is 9.82.